The molecule has 0 spiro atoms. The summed E-state index contributed by atoms with van der Waals surface area (Å²) >= 11 is 0. The Morgan fingerprint density at radius 2 is 1.88 bits per heavy atom. The van der Waals surface area contributed by atoms with E-state index in [1.807, 2.05) is 45.0 Å². The van der Waals surface area contributed by atoms with Crippen LogP contribution in [0.25, 0.3) is 0 Å². The molecule has 6 nitrogen and oxygen atoms in total. The zero-order chi connectivity index (χ0) is 18.2. The molecule has 1 fully saturated rings. The number of hydrogen-bond acceptors (Lipinski definition) is 5. The Hall–Kier alpha value is -2.08. The fraction of sp³-hybridized carbons (Fsp3) is 0.579. The van der Waals surface area contributed by atoms with Gasteiger partial charge in [0.05, 0.1) is 30.9 Å². The van der Waals surface area contributed by atoms with Gasteiger partial charge >= 0.3 is 5.97 Å². The van der Waals surface area contributed by atoms with Crippen molar-refractivity contribution in [1.29, 1.82) is 0 Å². The monoisotopic (exact) mass is 348 g/mol. The summed E-state index contributed by atoms with van der Waals surface area (Å²) < 4.78 is 10.6. The van der Waals surface area contributed by atoms with Gasteiger partial charge in [0.25, 0.3) is 0 Å². The summed E-state index contributed by atoms with van der Waals surface area (Å²) in [5.74, 6) is 0.434. The van der Waals surface area contributed by atoms with Gasteiger partial charge in [-0.1, -0.05) is 12.1 Å². The van der Waals surface area contributed by atoms with Gasteiger partial charge < -0.3 is 14.8 Å². The molecule has 0 bridgehead atoms. The SMILES string of the molecule is CCOC(=O)C1CCN(C(C)C(=O)Nc2ccccc2OCC)CC1. The Morgan fingerprint density at radius 3 is 2.52 bits per heavy atom. The number of benzene rings is 1. The van der Waals surface area contributed by atoms with Crippen LogP contribution in [0.1, 0.15) is 33.6 Å². The molecule has 1 heterocycles. The highest BCUT2D eigenvalue weighted by Crippen LogP contribution is 2.25. The molecular formula is C19H28N2O4. The predicted molar refractivity (Wildman–Crippen MR) is 96.6 cm³/mol. The number of hydrogen-bond donors (Lipinski definition) is 1. The molecule has 1 atom stereocenters. The number of piperidine rings is 1. The van der Waals surface area contributed by atoms with Crippen LogP contribution in [0.3, 0.4) is 0 Å². The average Bonchev–Trinajstić information content (AvgIpc) is 2.63. The Labute approximate surface area is 149 Å². The molecular weight excluding hydrogens is 320 g/mol. The highest BCUT2D eigenvalue weighted by Gasteiger charge is 2.30. The number of amides is 1. The maximum absolute atomic E-state index is 12.6. The molecule has 1 saturated heterocycles. The summed E-state index contributed by atoms with van der Waals surface area (Å²) in [5.41, 5.74) is 0.683. The minimum absolute atomic E-state index is 0.0508. The number of likely N-dealkylation sites (tertiary alicyclic amines) is 1. The summed E-state index contributed by atoms with van der Waals surface area (Å²) in [7, 11) is 0. The van der Waals surface area contributed by atoms with Crippen molar-refractivity contribution >= 4 is 17.6 Å². The smallest absolute Gasteiger partial charge is 0.309 e. The van der Waals surface area contributed by atoms with Crippen LogP contribution in [0, 0.1) is 5.92 Å². The van der Waals surface area contributed by atoms with Crippen LogP contribution >= 0.6 is 0 Å². The maximum atomic E-state index is 12.6. The van der Waals surface area contributed by atoms with Gasteiger partial charge in [0, 0.05) is 0 Å². The van der Waals surface area contributed by atoms with E-state index in [0.717, 1.165) is 12.8 Å². The molecule has 1 aromatic rings. The first-order chi connectivity index (χ1) is 12.1. The summed E-state index contributed by atoms with van der Waals surface area (Å²) in [6.45, 7) is 8.01. The van der Waals surface area contributed by atoms with E-state index < -0.39 is 0 Å². The number of anilines is 1. The number of rotatable bonds is 7. The highest BCUT2D eigenvalue weighted by molar-refractivity contribution is 5.95. The van der Waals surface area contributed by atoms with Crippen LogP contribution in [0.4, 0.5) is 5.69 Å². The predicted octanol–water partition coefficient (Wildman–Crippen LogP) is 2.69. The lowest BCUT2D eigenvalue weighted by Crippen LogP contribution is -2.47. The van der Waals surface area contributed by atoms with Gasteiger partial charge in [-0.05, 0) is 58.8 Å². The summed E-state index contributed by atoms with van der Waals surface area (Å²) in [4.78, 5) is 26.5. The van der Waals surface area contributed by atoms with Crippen molar-refractivity contribution in [3.63, 3.8) is 0 Å². The second-order valence-corrected chi connectivity index (χ2v) is 6.16. The molecule has 1 aliphatic rings. The van der Waals surface area contributed by atoms with Crippen molar-refractivity contribution in [2.75, 3.05) is 31.6 Å². The molecule has 1 amide bonds. The molecule has 0 aliphatic carbocycles. The fourth-order valence-corrected chi connectivity index (χ4v) is 3.04. The molecule has 2 rings (SSSR count). The van der Waals surface area contributed by atoms with E-state index in [-0.39, 0.29) is 23.8 Å². The third-order valence-electron chi connectivity index (χ3n) is 4.52. The first-order valence-corrected chi connectivity index (χ1v) is 9.00. The van der Waals surface area contributed by atoms with Crippen LogP contribution in [-0.4, -0.2) is 49.1 Å². The van der Waals surface area contributed by atoms with E-state index in [4.69, 9.17) is 9.47 Å². The van der Waals surface area contributed by atoms with Crippen LogP contribution < -0.4 is 10.1 Å². The molecule has 1 unspecified atom stereocenters. The Bertz CT molecular complexity index is 583. The lowest BCUT2D eigenvalue weighted by Gasteiger charge is -2.34. The average molecular weight is 348 g/mol. The molecule has 25 heavy (non-hydrogen) atoms. The maximum Gasteiger partial charge on any atom is 0.309 e. The molecule has 0 radical (unpaired) electrons. The van der Waals surface area contributed by atoms with Crippen molar-refractivity contribution in [1.82, 2.24) is 4.90 Å². The van der Waals surface area contributed by atoms with E-state index in [2.05, 4.69) is 10.2 Å². The van der Waals surface area contributed by atoms with Gasteiger partial charge in [0.2, 0.25) is 5.91 Å². The van der Waals surface area contributed by atoms with Crippen molar-refractivity contribution in [2.24, 2.45) is 5.92 Å². The van der Waals surface area contributed by atoms with Crippen LogP contribution in [0.15, 0.2) is 24.3 Å². The first-order valence-electron chi connectivity index (χ1n) is 9.00. The Kier molecular flexibility index (Phi) is 7.25. The molecule has 0 saturated carbocycles. The standard InChI is InChI=1S/C19H28N2O4/c1-4-24-17-9-7-6-8-16(17)20-18(22)14(3)21-12-10-15(11-13-21)19(23)25-5-2/h6-9,14-15H,4-5,10-13H2,1-3H3,(H,20,22). The molecule has 0 aromatic heterocycles. The van der Waals surface area contributed by atoms with E-state index >= 15 is 0 Å². The second kappa shape index (κ2) is 9.42. The van der Waals surface area contributed by atoms with Crippen molar-refractivity contribution in [3.8, 4) is 5.75 Å². The quantitative estimate of drug-likeness (QED) is 0.768. The van der Waals surface area contributed by atoms with Gasteiger partial charge in [-0.3, -0.25) is 14.5 Å². The van der Waals surface area contributed by atoms with Gasteiger partial charge in [-0.25, -0.2) is 0 Å². The first kappa shape index (κ1) is 19.2. The minimum atomic E-state index is -0.266. The van der Waals surface area contributed by atoms with Crippen LogP contribution in [-0.2, 0) is 14.3 Å². The van der Waals surface area contributed by atoms with Gasteiger partial charge in [0.15, 0.2) is 0 Å². The lowest BCUT2D eigenvalue weighted by atomic mass is 9.96. The summed E-state index contributed by atoms with van der Waals surface area (Å²) in [5, 5.41) is 2.95. The molecule has 1 aliphatic heterocycles. The van der Waals surface area contributed by atoms with Gasteiger partial charge in [-0.2, -0.15) is 0 Å². The third kappa shape index (κ3) is 5.19. The minimum Gasteiger partial charge on any atom is -0.492 e. The summed E-state index contributed by atoms with van der Waals surface area (Å²) in [6.07, 6.45) is 1.46. The van der Waals surface area contributed by atoms with Gasteiger partial charge in [0.1, 0.15) is 5.75 Å². The molecule has 1 aromatic carbocycles. The van der Waals surface area contributed by atoms with Crippen LogP contribution in [0.5, 0.6) is 5.75 Å². The van der Waals surface area contributed by atoms with Crippen molar-refractivity contribution < 1.29 is 19.1 Å². The normalized spacial score (nSPS) is 16.9. The fourth-order valence-electron chi connectivity index (χ4n) is 3.04. The van der Waals surface area contributed by atoms with Gasteiger partial charge in [-0.15, -0.1) is 0 Å². The zero-order valence-electron chi connectivity index (χ0n) is 15.3. The number of carbonyl (C=O) groups is 2. The molecule has 6 heteroatoms. The number of para-hydroxylation sites is 2. The second-order valence-electron chi connectivity index (χ2n) is 6.16. The van der Waals surface area contributed by atoms with E-state index in [0.29, 0.717) is 37.7 Å². The number of esters is 1. The Balaban J connectivity index is 1.90. The zero-order valence-corrected chi connectivity index (χ0v) is 15.3. The van der Waals surface area contributed by atoms with Crippen molar-refractivity contribution in [3.05, 3.63) is 24.3 Å². The number of nitrogens with one attached hydrogen (secondary N) is 1. The lowest BCUT2D eigenvalue weighted by molar-refractivity contribution is -0.149. The highest BCUT2D eigenvalue weighted by atomic mass is 16.5. The molecule has 1 N–H and O–H groups in total. The molecule has 138 valence electrons. The topological polar surface area (TPSA) is 67.9 Å². The van der Waals surface area contributed by atoms with E-state index in [1.54, 1.807) is 0 Å². The third-order valence-corrected chi connectivity index (χ3v) is 4.52. The summed E-state index contributed by atoms with van der Waals surface area (Å²) in [6, 6.07) is 7.16. The largest absolute Gasteiger partial charge is 0.492 e. The number of nitrogens with zero attached hydrogens (tertiary/aromatic N) is 1. The van der Waals surface area contributed by atoms with E-state index in [1.165, 1.54) is 0 Å². The van der Waals surface area contributed by atoms with Crippen molar-refractivity contribution in [2.45, 2.75) is 39.7 Å². The number of ether oxygens (including phenoxy) is 2. The van der Waals surface area contributed by atoms with E-state index in [9.17, 15) is 9.59 Å². The Morgan fingerprint density at radius 1 is 1.20 bits per heavy atom. The number of carbonyl (C=O) groups excluding carboxylic acids is 2. The van der Waals surface area contributed by atoms with Crippen LogP contribution in [0.2, 0.25) is 0 Å².